The molecule has 1 aromatic rings. The van der Waals surface area contributed by atoms with E-state index >= 15 is 0 Å². The second-order valence-electron chi connectivity index (χ2n) is 4.65. The summed E-state index contributed by atoms with van der Waals surface area (Å²) in [5.41, 5.74) is 6.19. The molecule has 0 bridgehead atoms. The normalized spacial score (nSPS) is 18.3. The third kappa shape index (κ3) is 3.32. The van der Waals surface area contributed by atoms with Gasteiger partial charge in [0.15, 0.2) is 0 Å². The molecule has 112 valence electrons. The number of benzene rings is 1. The largest absolute Gasteiger partial charge is 0.398 e. The zero-order valence-corrected chi connectivity index (χ0v) is 13.4. The van der Waals surface area contributed by atoms with Gasteiger partial charge in [-0.1, -0.05) is 0 Å². The Bertz CT molecular complexity index is 571. The van der Waals surface area contributed by atoms with Crippen molar-refractivity contribution in [3.05, 3.63) is 22.7 Å². The second kappa shape index (κ2) is 6.40. The van der Waals surface area contributed by atoms with Crippen LogP contribution in [0.4, 0.5) is 5.69 Å². The van der Waals surface area contributed by atoms with Crippen LogP contribution in [0.3, 0.4) is 0 Å². The second-order valence-corrected chi connectivity index (χ2v) is 7.44. The Kier molecular flexibility index (Phi) is 5.03. The lowest BCUT2D eigenvalue weighted by Crippen LogP contribution is -2.49. The molecule has 3 N–H and O–H groups in total. The number of nitrogens with two attached hydrogens (primary N) is 1. The van der Waals surface area contributed by atoms with Crippen molar-refractivity contribution < 1.29 is 13.5 Å². The van der Waals surface area contributed by atoms with Gasteiger partial charge in [-0.05, 0) is 34.1 Å². The Labute approximate surface area is 127 Å². The average Bonchev–Trinajstić information content (AvgIpc) is 2.43. The number of nitrogen functional groups attached to an aromatic ring is 1. The van der Waals surface area contributed by atoms with Crippen LogP contribution in [0.2, 0.25) is 0 Å². The minimum absolute atomic E-state index is 0.0949. The number of β-amino-alcohol motifs (C(OH)–C–C–N with tert-alkyl or cyclic N) is 1. The first-order valence-electron chi connectivity index (χ1n) is 6.33. The van der Waals surface area contributed by atoms with E-state index in [-0.39, 0.29) is 11.5 Å². The van der Waals surface area contributed by atoms with Gasteiger partial charge >= 0.3 is 0 Å². The third-order valence-electron chi connectivity index (χ3n) is 3.36. The number of aliphatic hydroxyl groups is 1. The molecule has 0 atom stereocenters. The van der Waals surface area contributed by atoms with Crippen molar-refractivity contribution in [1.82, 2.24) is 9.21 Å². The van der Waals surface area contributed by atoms with E-state index in [2.05, 4.69) is 15.9 Å². The molecular formula is C12H18BrN3O3S. The Morgan fingerprint density at radius 1 is 1.25 bits per heavy atom. The van der Waals surface area contributed by atoms with Crippen LogP contribution in [0.25, 0.3) is 0 Å². The fraction of sp³-hybridized carbons (Fsp3) is 0.500. The summed E-state index contributed by atoms with van der Waals surface area (Å²) in [5, 5.41) is 8.89. The van der Waals surface area contributed by atoms with Crippen molar-refractivity contribution in [1.29, 1.82) is 0 Å². The smallest absolute Gasteiger partial charge is 0.243 e. The fourth-order valence-corrected chi connectivity index (χ4v) is 4.13. The number of halogens is 1. The molecule has 0 amide bonds. The summed E-state index contributed by atoms with van der Waals surface area (Å²) in [5.74, 6) is 0. The van der Waals surface area contributed by atoms with Gasteiger partial charge in [-0.15, -0.1) is 0 Å². The Morgan fingerprint density at radius 3 is 2.45 bits per heavy atom. The molecule has 1 saturated heterocycles. The lowest BCUT2D eigenvalue weighted by atomic mass is 10.3. The first-order chi connectivity index (χ1) is 9.45. The number of hydrogen-bond donors (Lipinski definition) is 2. The zero-order chi connectivity index (χ0) is 14.8. The van der Waals surface area contributed by atoms with Crippen LogP contribution < -0.4 is 5.73 Å². The van der Waals surface area contributed by atoms with Crippen LogP contribution in [0.1, 0.15) is 0 Å². The van der Waals surface area contributed by atoms with E-state index in [4.69, 9.17) is 10.8 Å². The topological polar surface area (TPSA) is 86.9 Å². The van der Waals surface area contributed by atoms with E-state index in [0.29, 0.717) is 42.9 Å². The summed E-state index contributed by atoms with van der Waals surface area (Å²) in [6.45, 7) is 2.82. The minimum atomic E-state index is -3.48. The summed E-state index contributed by atoms with van der Waals surface area (Å²) in [4.78, 5) is 2.29. The summed E-state index contributed by atoms with van der Waals surface area (Å²) in [7, 11) is -3.48. The van der Waals surface area contributed by atoms with Gasteiger partial charge in [-0.3, -0.25) is 4.90 Å². The van der Waals surface area contributed by atoms with Gasteiger partial charge in [-0.25, -0.2) is 8.42 Å². The SMILES string of the molecule is Nc1ccc(S(=O)(=O)N2CCN(CCO)CC2)cc1Br. The number of aliphatic hydroxyl groups excluding tert-OH is 1. The van der Waals surface area contributed by atoms with E-state index in [1.807, 2.05) is 4.90 Å². The predicted octanol–water partition coefficient (Wildman–Crippen LogP) is 0.330. The molecule has 0 spiro atoms. The number of anilines is 1. The molecule has 0 unspecified atom stereocenters. The van der Waals surface area contributed by atoms with Crippen LogP contribution in [-0.4, -0.2) is 62.1 Å². The zero-order valence-electron chi connectivity index (χ0n) is 11.0. The summed E-state index contributed by atoms with van der Waals surface area (Å²) < 4.78 is 27.1. The minimum Gasteiger partial charge on any atom is -0.398 e. The van der Waals surface area contributed by atoms with Gasteiger partial charge < -0.3 is 10.8 Å². The number of nitrogens with zero attached hydrogens (tertiary/aromatic N) is 2. The molecule has 0 aromatic heterocycles. The van der Waals surface area contributed by atoms with Crippen molar-refractivity contribution in [3.8, 4) is 0 Å². The van der Waals surface area contributed by atoms with Gasteiger partial charge in [0.1, 0.15) is 0 Å². The monoisotopic (exact) mass is 363 g/mol. The van der Waals surface area contributed by atoms with Crippen LogP contribution in [0.15, 0.2) is 27.6 Å². The van der Waals surface area contributed by atoms with E-state index in [0.717, 1.165) is 0 Å². The van der Waals surface area contributed by atoms with Gasteiger partial charge in [0.25, 0.3) is 0 Å². The third-order valence-corrected chi connectivity index (χ3v) is 5.94. The number of rotatable bonds is 4. The molecule has 20 heavy (non-hydrogen) atoms. The van der Waals surface area contributed by atoms with E-state index < -0.39 is 10.0 Å². The fourth-order valence-electron chi connectivity index (χ4n) is 2.15. The molecule has 1 fully saturated rings. The number of piperazine rings is 1. The van der Waals surface area contributed by atoms with Crippen LogP contribution in [0.5, 0.6) is 0 Å². The van der Waals surface area contributed by atoms with Crippen molar-refractivity contribution >= 4 is 31.6 Å². The van der Waals surface area contributed by atoms with Crippen LogP contribution >= 0.6 is 15.9 Å². The highest BCUT2D eigenvalue weighted by atomic mass is 79.9. The van der Waals surface area contributed by atoms with Crippen molar-refractivity contribution in [2.45, 2.75) is 4.90 Å². The molecule has 6 nitrogen and oxygen atoms in total. The van der Waals surface area contributed by atoms with E-state index in [1.165, 1.54) is 16.4 Å². The van der Waals surface area contributed by atoms with Crippen LogP contribution in [0, 0.1) is 0 Å². The summed E-state index contributed by atoms with van der Waals surface area (Å²) >= 11 is 3.25. The quantitative estimate of drug-likeness (QED) is 0.752. The van der Waals surface area contributed by atoms with Gasteiger partial charge in [0, 0.05) is 42.9 Å². The molecule has 0 radical (unpaired) electrons. The highest BCUT2D eigenvalue weighted by Crippen LogP contribution is 2.25. The molecule has 1 aliphatic rings. The molecule has 0 aliphatic carbocycles. The average molecular weight is 364 g/mol. The van der Waals surface area contributed by atoms with Crippen molar-refractivity contribution in [3.63, 3.8) is 0 Å². The standard InChI is InChI=1S/C12H18BrN3O3S/c13-11-9-10(1-2-12(11)14)20(18,19)16-5-3-15(4-6-16)7-8-17/h1-2,9,17H,3-8,14H2. The summed E-state index contributed by atoms with van der Waals surface area (Å²) in [6, 6.07) is 4.64. The molecule has 1 aromatic carbocycles. The lowest BCUT2D eigenvalue weighted by molar-refractivity contribution is 0.151. The van der Waals surface area contributed by atoms with Crippen molar-refractivity contribution in [2.75, 3.05) is 45.1 Å². The Morgan fingerprint density at radius 2 is 1.90 bits per heavy atom. The predicted molar refractivity (Wildman–Crippen MR) is 80.8 cm³/mol. The van der Waals surface area contributed by atoms with Crippen molar-refractivity contribution in [2.24, 2.45) is 0 Å². The molecular weight excluding hydrogens is 346 g/mol. The maximum Gasteiger partial charge on any atom is 0.243 e. The first kappa shape index (κ1) is 15.7. The Hall–Kier alpha value is -0.670. The number of sulfonamides is 1. The van der Waals surface area contributed by atoms with Gasteiger partial charge in [-0.2, -0.15) is 4.31 Å². The van der Waals surface area contributed by atoms with E-state index in [9.17, 15) is 8.42 Å². The lowest BCUT2D eigenvalue weighted by Gasteiger charge is -2.33. The maximum atomic E-state index is 12.5. The molecule has 0 saturated carbocycles. The molecule has 8 heteroatoms. The molecule has 2 rings (SSSR count). The highest BCUT2D eigenvalue weighted by molar-refractivity contribution is 9.10. The van der Waals surface area contributed by atoms with E-state index in [1.54, 1.807) is 6.07 Å². The van der Waals surface area contributed by atoms with Gasteiger partial charge in [0.2, 0.25) is 10.0 Å². The van der Waals surface area contributed by atoms with Gasteiger partial charge in [0.05, 0.1) is 11.5 Å². The maximum absolute atomic E-state index is 12.5. The Balaban J connectivity index is 2.13. The highest BCUT2D eigenvalue weighted by Gasteiger charge is 2.28. The number of hydrogen-bond acceptors (Lipinski definition) is 5. The molecule has 1 heterocycles. The molecule has 1 aliphatic heterocycles. The first-order valence-corrected chi connectivity index (χ1v) is 8.57. The summed E-state index contributed by atoms with van der Waals surface area (Å²) in [6.07, 6.45) is 0. The van der Waals surface area contributed by atoms with Crippen LogP contribution in [-0.2, 0) is 10.0 Å².